The third-order valence-corrected chi connectivity index (χ3v) is 2.28. The number of amides is 1. The number of hydrogen-bond acceptors (Lipinski definition) is 7. The lowest BCUT2D eigenvalue weighted by Gasteiger charge is -2.18. The Bertz CT molecular complexity index is 395. The van der Waals surface area contributed by atoms with Gasteiger partial charge in [0.1, 0.15) is 6.61 Å². The molecule has 0 bridgehead atoms. The number of hydroxylamine groups is 1. The van der Waals surface area contributed by atoms with Gasteiger partial charge in [0, 0.05) is 0 Å². The second kappa shape index (κ2) is 5.97. The Hall–Kier alpha value is -1.69. The largest absolute Gasteiger partial charge is 0.390 e. The summed E-state index contributed by atoms with van der Waals surface area (Å²) in [5.41, 5.74) is 1.38. The Kier molecular flexibility index (Phi) is 4.83. The molecule has 1 saturated heterocycles. The number of aliphatic imine (C=N–C) groups is 1. The van der Waals surface area contributed by atoms with E-state index in [9.17, 15) is 18.7 Å². The molecule has 9 nitrogen and oxygen atoms in total. The number of carbonyl (C=O) groups excluding carboxylic acids is 1. The Morgan fingerprint density at radius 3 is 2.68 bits per heavy atom. The van der Waals surface area contributed by atoms with Crippen LogP contribution in [-0.4, -0.2) is 64.5 Å². The summed E-state index contributed by atoms with van der Waals surface area (Å²) in [6.45, 7) is -1.30. The Labute approximate surface area is 105 Å². The van der Waals surface area contributed by atoms with E-state index < -0.39 is 42.8 Å². The summed E-state index contributed by atoms with van der Waals surface area (Å²) in [5, 5.41) is 34.9. The monoisotopic (exact) mass is 282 g/mol. The molecule has 1 fully saturated rings. The number of aliphatic hydroxyl groups excluding tert-OH is 2. The summed E-state index contributed by atoms with van der Waals surface area (Å²) in [6, 6.07) is 0. The normalized spacial score (nSPS) is 35.0. The van der Waals surface area contributed by atoms with E-state index in [-0.39, 0.29) is 0 Å². The molecule has 0 aromatic heterocycles. The van der Waals surface area contributed by atoms with Crippen molar-refractivity contribution < 1.29 is 33.7 Å². The number of carbonyl (C=O) groups is 1. The first-order valence-corrected chi connectivity index (χ1v) is 4.97. The first-order valence-electron chi connectivity index (χ1n) is 4.97. The number of alkyl halides is 2. The molecule has 1 rings (SSSR count). The Morgan fingerprint density at radius 2 is 2.26 bits per heavy atom. The Balaban J connectivity index is 2.85. The van der Waals surface area contributed by atoms with E-state index in [0.29, 0.717) is 6.21 Å². The van der Waals surface area contributed by atoms with Gasteiger partial charge in [0.25, 0.3) is 11.8 Å². The third-order valence-electron chi connectivity index (χ3n) is 2.28. The van der Waals surface area contributed by atoms with Gasteiger partial charge in [0.05, 0.1) is 6.21 Å². The van der Waals surface area contributed by atoms with Crippen molar-refractivity contribution in [3.8, 4) is 0 Å². The van der Waals surface area contributed by atoms with Crippen molar-refractivity contribution in [3.05, 3.63) is 0 Å². The molecular weight excluding hydrogens is 270 g/mol. The minimum Gasteiger partial charge on any atom is -0.390 e. The van der Waals surface area contributed by atoms with Gasteiger partial charge in [-0.3, -0.25) is 15.3 Å². The minimum atomic E-state index is -3.03. The molecule has 0 aromatic rings. The lowest BCUT2D eigenvalue weighted by Crippen LogP contribution is -2.41. The summed E-state index contributed by atoms with van der Waals surface area (Å²) < 4.78 is 31.4. The van der Waals surface area contributed by atoms with Crippen LogP contribution in [0.15, 0.2) is 4.99 Å². The van der Waals surface area contributed by atoms with Crippen molar-refractivity contribution in [2.75, 3.05) is 6.61 Å². The van der Waals surface area contributed by atoms with Crippen LogP contribution in [0, 0.1) is 5.41 Å². The highest BCUT2D eigenvalue weighted by Crippen LogP contribution is 2.34. The van der Waals surface area contributed by atoms with Gasteiger partial charge in [0.2, 0.25) is 5.96 Å². The molecule has 108 valence electrons. The fourth-order valence-electron chi connectivity index (χ4n) is 1.33. The van der Waals surface area contributed by atoms with E-state index in [1.807, 2.05) is 5.32 Å². The average molecular weight is 282 g/mol. The lowest BCUT2D eigenvalue weighted by molar-refractivity contribution is -0.194. The molecule has 1 aliphatic rings. The van der Waals surface area contributed by atoms with Gasteiger partial charge >= 0.3 is 0 Å². The summed E-state index contributed by atoms with van der Waals surface area (Å²) in [6.07, 6.45) is -6.15. The first-order chi connectivity index (χ1) is 8.87. The van der Waals surface area contributed by atoms with Gasteiger partial charge in [-0.05, 0) is 0 Å². The molecule has 0 spiro atoms. The molecule has 19 heavy (non-hydrogen) atoms. The van der Waals surface area contributed by atoms with Gasteiger partial charge in [-0.1, -0.05) is 0 Å². The van der Waals surface area contributed by atoms with E-state index in [4.69, 9.17) is 15.7 Å². The highest BCUT2D eigenvalue weighted by atomic mass is 19.2. The van der Waals surface area contributed by atoms with Gasteiger partial charge in [-0.25, -0.2) is 19.3 Å². The standard InChI is InChI=1S/C8H12F2N4O5/c9-4-5(17)8(10,2-15)19-6(4)13-7(14-18)12-3(16)1-11/h1,4-6,11,15,17-18H,2H2,(H2,12,13,14,16)/t4-,5+,6-,8-/m1/s1. The van der Waals surface area contributed by atoms with Crippen LogP contribution in [0.1, 0.15) is 0 Å². The molecule has 11 heteroatoms. The molecule has 0 unspecified atom stereocenters. The van der Waals surface area contributed by atoms with Crippen molar-refractivity contribution in [1.82, 2.24) is 10.8 Å². The summed E-state index contributed by atoms with van der Waals surface area (Å²) in [5.74, 6) is -4.74. The summed E-state index contributed by atoms with van der Waals surface area (Å²) in [4.78, 5) is 14.1. The maximum Gasteiger partial charge on any atom is 0.268 e. The Morgan fingerprint density at radius 1 is 1.63 bits per heavy atom. The van der Waals surface area contributed by atoms with E-state index in [0.717, 1.165) is 0 Å². The second-order valence-electron chi connectivity index (χ2n) is 3.57. The van der Waals surface area contributed by atoms with Crippen LogP contribution in [0.5, 0.6) is 0 Å². The van der Waals surface area contributed by atoms with Gasteiger partial charge in [-0.15, -0.1) is 0 Å². The van der Waals surface area contributed by atoms with Crippen molar-refractivity contribution in [3.63, 3.8) is 0 Å². The second-order valence-corrected chi connectivity index (χ2v) is 3.57. The molecule has 1 amide bonds. The van der Waals surface area contributed by atoms with Gasteiger partial charge < -0.3 is 20.4 Å². The van der Waals surface area contributed by atoms with Crippen LogP contribution in [0.3, 0.4) is 0 Å². The number of aliphatic hydroxyl groups is 2. The highest BCUT2D eigenvalue weighted by molar-refractivity contribution is 6.28. The van der Waals surface area contributed by atoms with Crippen molar-refractivity contribution in [2.45, 2.75) is 24.4 Å². The maximum absolute atomic E-state index is 13.6. The topological polar surface area (TPSA) is 147 Å². The predicted octanol–water partition coefficient (Wildman–Crippen LogP) is -2.20. The zero-order valence-corrected chi connectivity index (χ0v) is 9.38. The van der Waals surface area contributed by atoms with Crippen molar-refractivity contribution >= 4 is 18.1 Å². The van der Waals surface area contributed by atoms with Crippen LogP contribution in [0.4, 0.5) is 8.78 Å². The van der Waals surface area contributed by atoms with Crippen LogP contribution in [-0.2, 0) is 9.53 Å². The zero-order chi connectivity index (χ0) is 14.6. The smallest absolute Gasteiger partial charge is 0.268 e. The molecule has 1 aliphatic heterocycles. The molecule has 0 radical (unpaired) electrons. The maximum atomic E-state index is 13.6. The summed E-state index contributed by atoms with van der Waals surface area (Å²) in [7, 11) is 0. The highest BCUT2D eigenvalue weighted by Gasteiger charge is 2.56. The third kappa shape index (κ3) is 3.20. The number of halogens is 2. The SMILES string of the molecule is N=CC(=O)NC(=N[C@@H]1O[C@](F)(CO)[C@@H](O)[C@H]1F)NO. The van der Waals surface area contributed by atoms with Crippen LogP contribution >= 0.6 is 0 Å². The van der Waals surface area contributed by atoms with E-state index >= 15 is 0 Å². The summed E-state index contributed by atoms with van der Waals surface area (Å²) >= 11 is 0. The molecule has 1 heterocycles. The number of rotatable bonds is 3. The number of ether oxygens (including phenoxy) is 1. The van der Waals surface area contributed by atoms with Crippen molar-refractivity contribution in [2.24, 2.45) is 4.99 Å². The first kappa shape index (κ1) is 15.4. The number of nitrogens with one attached hydrogen (secondary N) is 3. The van der Waals surface area contributed by atoms with Crippen molar-refractivity contribution in [1.29, 1.82) is 5.41 Å². The number of guanidine groups is 1. The predicted molar refractivity (Wildman–Crippen MR) is 56.0 cm³/mol. The van der Waals surface area contributed by atoms with E-state index in [2.05, 4.69) is 9.73 Å². The van der Waals surface area contributed by atoms with Crippen LogP contribution < -0.4 is 10.8 Å². The molecule has 6 N–H and O–H groups in total. The fourth-order valence-corrected chi connectivity index (χ4v) is 1.33. The lowest BCUT2D eigenvalue weighted by atomic mass is 10.1. The fraction of sp³-hybridized carbons (Fsp3) is 0.625. The van der Waals surface area contributed by atoms with E-state index in [1.165, 1.54) is 5.48 Å². The average Bonchev–Trinajstić information content (AvgIpc) is 2.63. The molecule has 0 saturated carbocycles. The zero-order valence-electron chi connectivity index (χ0n) is 9.38. The minimum absolute atomic E-state index is 0.345. The van der Waals surface area contributed by atoms with E-state index in [1.54, 1.807) is 0 Å². The molecule has 0 aliphatic carbocycles. The number of nitrogens with zero attached hydrogens (tertiary/aromatic N) is 1. The van der Waals surface area contributed by atoms with Gasteiger partial charge in [-0.2, -0.15) is 0 Å². The van der Waals surface area contributed by atoms with Crippen LogP contribution in [0.25, 0.3) is 0 Å². The molecule has 4 atom stereocenters. The quantitative estimate of drug-likeness (QED) is 0.197. The molecular formula is C8H12F2N4O5. The van der Waals surface area contributed by atoms with Crippen LogP contribution in [0.2, 0.25) is 0 Å². The number of hydrogen-bond donors (Lipinski definition) is 6. The molecule has 0 aromatic carbocycles. The van der Waals surface area contributed by atoms with Gasteiger partial charge in [0.15, 0.2) is 18.5 Å².